The van der Waals surface area contributed by atoms with Gasteiger partial charge in [0.15, 0.2) is 16.3 Å². The second-order valence-electron chi connectivity index (χ2n) is 10.1. The van der Waals surface area contributed by atoms with Crippen LogP contribution in [0, 0.1) is 0 Å². The van der Waals surface area contributed by atoms with Crippen LogP contribution in [0.1, 0.15) is 43.5 Å². The van der Waals surface area contributed by atoms with Gasteiger partial charge in [-0.2, -0.15) is 0 Å². The molecule has 0 aliphatic carbocycles. The fourth-order valence-electron chi connectivity index (χ4n) is 4.81. The summed E-state index contributed by atoms with van der Waals surface area (Å²) in [6, 6.07) is 20.8. The van der Waals surface area contributed by atoms with Crippen molar-refractivity contribution < 1.29 is 19.0 Å². The average Bonchev–Trinajstić information content (AvgIpc) is 3.29. The molecule has 0 saturated heterocycles. The van der Waals surface area contributed by atoms with Gasteiger partial charge in [0.1, 0.15) is 6.61 Å². The third-order valence-electron chi connectivity index (χ3n) is 6.79. The van der Waals surface area contributed by atoms with E-state index in [-0.39, 0.29) is 11.7 Å². The molecule has 1 aromatic heterocycles. The minimum atomic E-state index is -0.671. The fourth-order valence-corrected chi connectivity index (χ4v) is 6.84. The van der Waals surface area contributed by atoms with Gasteiger partial charge in [0.2, 0.25) is 0 Å². The molecule has 5 rings (SSSR count). The SMILES string of the molecule is COc1cc(/C=c2\sc3n(c2=O)[C@@H](c2ccc(SC)cc2)C(C(=O)OC(C)C)=C(C)N=3)cc(Br)c1OCc1ccccc1. The number of nitrogens with zero attached hydrogens (tertiary/aromatic N) is 2. The Bertz CT molecular complexity index is 1860. The van der Waals surface area contributed by atoms with Crippen molar-refractivity contribution in [2.75, 3.05) is 13.4 Å². The van der Waals surface area contributed by atoms with E-state index in [0.717, 1.165) is 21.6 Å². The minimum Gasteiger partial charge on any atom is -0.493 e. The zero-order valence-corrected chi connectivity index (χ0v) is 27.6. The number of allylic oxidation sites excluding steroid dienone is 1. The van der Waals surface area contributed by atoms with E-state index in [2.05, 4.69) is 20.9 Å². The Labute approximate surface area is 266 Å². The highest BCUT2D eigenvalue weighted by Crippen LogP contribution is 2.37. The molecule has 10 heteroatoms. The van der Waals surface area contributed by atoms with E-state index in [1.165, 1.54) is 11.3 Å². The molecule has 0 N–H and O–H groups in total. The highest BCUT2D eigenvalue weighted by atomic mass is 79.9. The summed E-state index contributed by atoms with van der Waals surface area (Å²) in [6.45, 7) is 5.77. The number of aromatic nitrogens is 1. The largest absolute Gasteiger partial charge is 0.493 e. The first-order valence-corrected chi connectivity index (χ1v) is 16.4. The predicted octanol–water partition coefficient (Wildman–Crippen LogP) is 6.26. The Hall–Kier alpha value is -3.60. The zero-order valence-electron chi connectivity index (χ0n) is 24.4. The molecule has 1 aliphatic heterocycles. The van der Waals surface area contributed by atoms with E-state index in [1.807, 2.05) is 73.0 Å². The van der Waals surface area contributed by atoms with Crippen LogP contribution in [0.25, 0.3) is 6.08 Å². The van der Waals surface area contributed by atoms with Crippen molar-refractivity contribution in [3.8, 4) is 11.5 Å². The Morgan fingerprint density at radius 3 is 2.51 bits per heavy atom. The maximum absolute atomic E-state index is 14.0. The van der Waals surface area contributed by atoms with Crippen molar-refractivity contribution in [1.82, 2.24) is 4.57 Å². The van der Waals surface area contributed by atoms with Crippen LogP contribution >= 0.6 is 39.0 Å². The molecule has 0 bridgehead atoms. The molecule has 43 heavy (non-hydrogen) atoms. The van der Waals surface area contributed by atoms with Gasteiger partial charge in [-0.15, -0.1) is 11.8 Å². The number of halogens is 1. The number of carbonyl (C=O) groups excluding carboxylic acids is 1. The molecule has 0 spiro atoms. The quantitative estimate of drug-likeness (QED) is 0.154. The van der Waals surface area contributed by atoms with E-state index in [0.29, 0.717) is 43.2 Å². The van der Waals surface area contributed by atoms with Crippen LogP contribution in [0.2, 0.25) is 0 Å². The highest BCUT2D eigenvalue weighted by Gasteiger charge is 2.33. The summed E-state index contributed by atoms with van der Waals surface area (Å²) in [6.07, 6.45) is 3.49. The zero-order chi connectivity index (χ0) is 30.7. The predicted molar refractivity (Wildman–Crippen MR) is 175 cm³/mol. The van der Waals surface area contributed by atoms with Crippen molar-refractivity contribution in [2.24, 2.45) is 4.99 Å². The van der Waals surface area contributed by atoms with E-state index >= 15 is 0 Å². The smallest absolute Gasteiger partial charge is 0.338 e. The molecule has 0 amide bonds. The fraction of sp³-hybridized carbons (Fsp3) is 0.242. The van der Waals surface area contributed by atoms with Crippen LogP contribution in [0.5, 0.6) is 11.5 Å². The van der Waals surface area contributed by atoms with Gasteiger partial charge >= 0.3 is 5.97 Å². The molecule has 0 fully saturated rings. The lowest BCUT2D eigenvalue weighted by Crippen LogP contribution is -2.40. The molecular weight excluding hydrogens is 648 g/mol. The number of rotatable bonds is 9. The molecule has 0 radical (unpaired) electrons. The number of hydrogen-bond acceptors (Lipinski definition) is 8. The first kappa shape index (κ1) is 30.8. The van der Waals surface area contributed by atoms with Gasteiger partial charge in [0, 0.05) is 4.90 Å². The molecule has 3 aromatic carbocycles. The summed E-state index contributed by atoms with van der Waals surface area (Å²) in [7, 11) is 1.58. The van der Waals surface area contributed by atoms with Crippen LogP contribution in [0.15, 0.2) is 97.2 Å². The Balaban J connectivity index is 1.58. The third-order valence-corrected chi connectivity index (χ3v) is 9.11. The second kappa shape index (κ2) is 13.4. The van der Waals surface area contributed by atoms with Crippen molar-refractivity contribution in [3.05, 3.63) is 119 Å². The summed E-state index contributed by atoms with van der Waals surface area (Å²) in [5.74, 6) is 0.623. The normalized spacial score (nSPS) is 14.9. The van der Waals surface area contributed by atoms with Crippen molar-refractivity contribution in [2.45, 2.75) is 44.4 Å². The van der Waals surface area contributed by atoms with E-state index in [9.17, 15) is 9.59 Å². The maximum atomic E-state index is 14.0. The number of thioether (sulfide) groups is 1. The molecule has 4 aromatic rings. The lowest BCUT2D eigenvalue weighted by molar-refractivity contribution is -0.143. The molecule has 0 saturated carbocycles. The van der Waals surface area contributed by atoms with Crippen molar-refractivity contribution in [1.29, 1.82) is 0 Å². The van der Waals surface area contributed by atoms with Crippen LogP contribution in [-0.4, -0.2) is 30.0 Å². The summed E-state index contributed by atoms with van der Waals surface area (Å²) in [5, 5.41) is 0. The first-order valence-electron chi connectivity index (χ1n) is 13.6. The maximum Gasteiger partial charge on any atom is 0.338 e. The molecule has 1 aliphatic rings. The van der Waals surface area contributed by atoms with Crippen LogP contribution in [0.4, 0.5) is 0 Å². The number of carbonyl (C=O) groups is 1. The molecule has 1 atom stereocenters. The van der Waals surface area contributed by atoms with Crippen molar-refractivity contribution >= 4 is 51.1 Å². The number of ether oxygens (including phenoxy) is 3. The monoisotopic (exact) mass is 678 g/mol. The van der Waals surface area contributed by atoms with Gasteiger partial charge in [-0.05, 0) is 90.0 Å². The summed E-state index contributed by atoms with van der Waals surface area (Å²) < 4.78 is 20.1. The molecular formula is C33H31BrN2O5S2. The van der Waals surface area contributed by atoms with Crippen molar-refractivity contribution in [3.63, 3.8) is 0 Å². The highest BCUT2D eigenvalue weighted by molar-refractivity contribution is 9.10. The van der Waals surface area contributed by atoms with Gasteiger partial charge in [-0.25, -0.2) is 9.79 Å². The number of hydrogen-bond donors (Lipinski definition) is 0. The van der Waals surface area contributed by atoms with Gasteiger partial charge in [0.25, 0.3) is 5.56 Å². The Morgan fingerprint density at radius 2 is 1.86 bits per heavy atom. The van der Waals surface area contributed by atoms with Gasteiger partial charge in [-0.1, -0.05) is 53.8 Å². The number of fused-ring (bicyclic) bond motifs is 1. The lowest BCUT2D eigenvalue weighted by atomic mass is 9.96. The summed E-state index contributed by atoms with van der Waals surface area (Å²) in [4.78, 5) is 33.6. The molecule has 2 heterocycles. The van der Waals surface area contributed by atoms with Crippen LogP contribution in [-0.2, 0) is 16.1 Å². The number of methoxy groups -OCH3 is 1. The third kappa shape index (κ3) is 6.66. The molecule has 7 nitrogen and oxygen atoms in total. The number of esters is 1. The van der Waals surface area contributed by atoms with E-state index in [4.69, 9.17) is 14.2 Å². The topological polar surface area (TPSA) is 79.1 Å². The van der Waals surface area contributed by atoms with Gasteiger partial charge in [-0.3, -0.25) is 9.36 Å². The van der Waals surface area contributed by atoms with E-state index in [1.54, 1.807) is 50.3 Å². The Kier molecular flexibility index (Phi) is 9.59. The summed E-state index contributed by atoms with van der Waals surface area (Å²) >= 11 is 6.52. The first-order chi connectivity index (χ1) is 20.7. The van der Waals surface area contributed by atoms with E-state index < -0.39 is 12.0 Å². The minimum absolute atomic E-state index is 0.246. The van der Waals surface area contributed by atoms with Crippen LogP contribution < -0.4 is 24.4 Å². The van der Waals surface area contributed by atoms with Crippen LogP contribution in [0.3, 0.4) is 0 Å². The Morgan fingerprint density at radius 1 is 1.14 bits per heavy atom. The molecule has 222 valence electrons. The standard InChI is InChI=1S/C33H31BrN2O5S2/c1-19(2)41-32(38)28-20(3)35-33-36(29(28)23-11-13-24(42-5)14-12-23)31(37)27(43-33)17-22-15-25(34)30(26(16-22)39-4)40-18-21-9-7-6-8-10-21/h6-17,19,29H,18H2,1-5H3/b27-17-/t29-/m0/s1. The van der Waals surface area contributed by atoms with Gasteiger partial charge in [0.05, 0.1) is 39.5 Å². The summed E-state index contributed by atoms with van der Waals surface area (Å²) in [5.41, 5.74) is 3.23. The second-order valence-corrected chi connectivity index (χ2v) is 12.9. The van der Waals surface area contributed by atoms with Gasteiger partial charge < -0.3 is 14.2 Å². The number of thiazole rings is 1. The molecule has 0 unspecified atom stereocenters. The number of benzene rings is 3. The average molecular weight is 680 g/mol. The lowest BCUT2D eigenvalue weighted by Gasteiger charge is -2.25.